The average molecular weight is 256 g/mol. The van der Waals surface area contributed by atoms with E-state index < -0.39 is 12.1 Å². The van der Waals surface area contributed by atoms with Gasteiger partial charge in [-0.15, -0.1) is 0 Å². The van der Waals surface area contributed by atoms with E-state index in [0.29, 0.717) is 16.0 Å². The number of rotatable bonds is 3. The second-order valence-corrected chi connectivity index (χ2v) is 3.85. The Bertz CT molecular complexity index is 551. The third-order valence-corrected chi connectivity index (χ3v) is 2.46. The molecule has 0 aliphatic carbocycles. The Morgan fingerprint density at radius 1 is 1.53 bits per heavy atom. The maximum Gasteiger partial charge on any atom is 0.346 e. The van der Waals surface area contributed by atoms with E-state index in [1.54, 1.807) is 25.1 Å². The van der Waals surface area contributed by atoms with Crippen LogP contribution >= 0.6 is 11.6 Å². The van der Waals surface area contributed by atoms with E-state index in [9.17, 15) is 4.79 Å². The molecule has 0 aliphatic heterocycles. The highest BCUT2D eigenvalue weighted by atomic mass is 35.5. The average Bonchev–Trinajstić information content (AvgIpc) is 2.70. The molecule has 17 heavy (non-hydrogen) atoms. The minimum atomic E-state index is -0.746. The summed E-state index contributed by atoms with van der Waals surface area (Å²) >= 11 is 5.80. The van der Waals surface area contributed by atoms with E-state index in [2.05, 4.69) is 9.89 Å². The van der Waals surface area contributed by atoms with Crippen LogP contribution in [0.2, 0.25) is 5.02 Å². The van der Waals surface area contributed by atoms with Crippen molar-refractivity contribution in [3.63, 3.8) is 0 Å². The highest BCUT2D eigenvalue weighted by Gasteiger charge is 2.18. The zero-order valence-corrected chi connectivity index (χ0v) is 10.0. The lowest BCUT2D eigenvalue weighted by Gasteiger charge is -2.09. The predicted molar refractivity (Wildman–Crippen MR) is 61.1 cm³/mol. The van der Waals surface area contributed by atoms with Gasteiger partial charge < -0.3 is 14.0 Å². The molecule has 1 atom stereocenters. The molecule has 1 unspecified atom stereocenters. The van der Waals surface area contributed by atoms with Crippen LogP contribution in [-0.2, 0) is 9.53 Å². The van der Waals surface area contributed by atoms with Crippen molar-refractivity contribution in [2.45, 2.75) is 13.0 Å². The van der Waals surface area contributed by atoms with Gasteiger partial charge in [0.2, 0.25) is 0 Å². The molecular weight excluding hydrogens is 246 g/mol. The number of esters is 1. The quantitative estimate of drug-likeness (QED) is 0.788. The molecular formula is C11H10ClNO4. The molecule has 1 heterocycles. The fraction of sp³-hybridized carbons (Fsp3) is 0.273. The molecule has 0 spiro atoms. The highest BCUT2D eigenvalue weighted by molar-refractivity contribution is 6.31. The first-order valence-electron chi connectivity index (χ1n) is 4.91. The molecule has 90 valence electrons. The second kappa shape index (κ2) is 4.63. The molecule has 0 saturated carbocycles. The van der Waals surface area contributed by atoms with Gasteiger partial charge >= 0.3 is 5.97 Å². The molecule has 1 aromatic carbocycles. The lowest BCUT2D eigenvalue weighted by Crippen LogP contribution is -2.25. The van der Waals surface area contributed by atoms with Crippen LogP contribution in [0.15, 0.2) is 22.7 Å². The van der Waals surface area contributed by atoms with Gasteiger partial charge in [0, 0.05) is 11.1 Å². The zero-order valence-electron chi connectivity index (χ0n) is 9.27. The number of aromatic nitrogens is 1. The zero-order chi connectivity index (χ0) is 12.4. The lowest BCUT2D eigenvalue weighted by molar-refractivity contribution is -0.148. The normalized spacial score (nSPS) is 12.4. The summed E-state index contributed by atoms with van der Waals surface area (Å²) < 4.78 is 14.9. The SMILES string of the molecule is COC(=O)C(C)Oc1noc2cc(Cl)ccc12. The van der Waals surface area contributed by atoms with Crippen molar-refractivity contribution in [1.82, 2.24) is 5.16 Å². The number of hydrogen-bond acceptors (Lipinski definition) is 5. The summed E-state index contributed by atoms with van der Waals surface area (Å²) in [6.07, 6.45) is -0.746. The Morgan fingerprint density at radius 3 is 3.00 bits per heavy atom. The molecule has 2 aromatic rings. The Hall–Kier alpha value is -1.75. The number of fused-ring (bicyclic) bond motifs is 1. The molecule has 0 aliphatic rings. The van der Waals surface area contributed by atoms with E-state index in [-0.39, 0.29) is 5.88 Å². The van der Waals surface area contributed by atoms with E-state index in [4.69, 9.17) is 20.9 Å². The van der Waals surface area contributed by atoms with E-state index in [0.717, 1.165) is 0 Å². The fourth-order valence-electron chi connectivity index (χ4n) is 1.35. The van der Waals surface area contributed by atoms with Gasteiger partial charge in [-0.25, -0.2) is 4.79 Å². The van der Waals surface area contributed by atoms with Gasteiger partial charge in [-0.3, -0.25) is 0 Å². The minimum Gasteiger partial charge on any atom is -0.466 e. The second-order valence-electron chi connectivity index (χ2n) is 3.41. The number of ether oxygens (including phenoxy) is 2. The van der Waals surface area contributed by atoms with Crippen LogP contribution in [0.3, 0.4) is 0 Å². The van der Waals surface area contributed by atoms with E-state index >= 15 is 0 Å². The molecule has 0 fully saturated rings. The van der Waals surface area contributed by atoms with E-state index in [1.165, 1.54) is 7.11 Å². The van der Waals surface area contributed by atoms with Crippen LogP contribution in [0.5, 0.6) is 5.88 Å². The first-order valence-corrected chi connectivity index (χ1v) is 5.29. The summed E-state index contributed by atoms with van der Waals surface area (Å²) in [5.74, 6) is -0.232. The molecule has 6 heteroatoms. The molecule has 0 bridgehead atoms. The predicted octanol–water partition coefficient (Wildman–Crippen LogP) is 2.42. The van der Waals surface area contributed by atoms with Crippen molar-refractivity contribution in [2.75, 3.05) is 7.11 Å². The number of methoxy groups -OCH3 is 1. The van der Waals surface area contributed by atoms with Crippen LogP contribution in [0.1, 0.15) is 6.92 Å². The van der Waals surface area contributed by atoms with Gasteiger partial charge in [0.1, 0.15) is 0 Å². The van der Waals surface area contributed by atoms with Gasteiger partial charge in [-0.1, -0.05) is 11.6 Å². The largest absolute Gasteiger partial charge is 0.466 e. The fourth-order valence-corrected chi connectivity index (χ4v) is 1.52. The third kappa shape index (κ3) is 2.34. The highest BCUT2D eigenvalue weighted by Crippen LogP contribution is 2.27. The van der Waals surface area contributed by atoms with Gasteiger partial charge in [-0.05, 0) is 24.2 Å². The molecule has 1 aromatic heterocycles. The van der Waals surface area contributed by atoms with Crippen LogP contribution in [0, 0.1) is 0 Å². The monoisotopic (exact) mass is 255 g/mol. The van der Waals surface area contributed by atoms with Gasteiger partial charge in [-0.2, -0.15) is 0 Å². The van der Waals surface area contributed by atoms with Gasteiger partial charge in [0.15, 0.2) is 11.7 Å². The Labute approximate surface area is 102 Å². The minimum absolute atomic E-state index is 0.245. The maximum absolute atomic E-state index is 11.2. The maximum atomic E-state index is 11.2. The van der Waals surface area contributed by atoms with Crippen molar-refractivity contribution < 1.29 is 18.8 Å². The van der Waals surface area contributed by atoms with Crippen molar-refractivity contribution >= 4 is 28.5 Å². The lowest BCUT2D eigenvalue weighted by atomic mass is 10.2. The Kier molecular flexibility index (Phi) is 3.19. The van der Waals surface area contributed by atoms with Crippen LogP contribution in [0.25, 0.3) is 11.0 Å². The summed E-state index contributed by atoms with van der Waals surface area (Å²) in [6.45, 7) is 1.57. The van der Waals surface area contributed by atoms with Gasteiger partial charge in [0.05, 0.1) is 12.5 Å². The number of carbonyl (C=O) groups is 1. The Balaban J connectivity index is 2.28. The van der Waals surface area contributed by atoms with E-state index in [1.807, 2.05) is 0 Å². The topological polar surface area (TPSA) is 61.6 Å². The van der Waals surface area contributed by atoms with Crippen LogP contribution in [-0.4, -0.2) is 24.3 Å². The first-order chi connectivity index (χ1) is 8.11. The molecule has 0 N–H and O–H groups in total. The molecule has 5 nitrogen and oxygen atoms in total. The van der Waals surface area contributed by atoms with Gasteiger partial charge in [0.25, 0.3) is 5.88 Å². The first kappa shape index (κ1) is 11.7. The Morgan fingerprint density at radius 2 is 2.29 bits per heavy atom. The number of nitrogens with zero attached hydrogens (tertiary/aromatic N) is 1. The van der Waals surface area contributed by atoms with Crippen molar-refractivity contribution in [2.24, 2.45) is 0 Å². The summed E-state index contributed by atoms with van der Waals surface area (Å²) in [5, 5.41) is 4.93. The van der Waals surface area contributed by atoms with Crippen molar-refractivity contribution in [1.29, 1.82) is 0 Å². The smallest absolute Gasteiger partial charge is 0.346 e. The molecule has 0 saturated heterocycles. The van der Waals surface area contributed by atoms with Crippen LogP contribution < -0.4 is 4.74 Å². The summed E-state index contributed by atoms with van der Waals surface area (Å²) in [7, 11) is 1.29. The number of hydrogen-bond donors (Lipinski definition) is 0. The summed E-state index contributed by atoms with van der Waals surface area (Å²) in [4.78, 5) is 11.2. The van der Waals surface area contributed by atoms with Crippen molar-refractivity contribution in [3.05, 3.63) is 23.2 Å². The number of carbonyl (C=O) groups excluding carboxylic acids is 1. The molecule has 0 radical (unpaired) electrons. The molecule has 2 rings (SSSR count). The molecule has 0 amide bonds. The summed E-state index contributed by atoms with van der Waals surface area (Å²) in [5.41, 5.74) is 0.504. The number of halogens is 1. The number of benzene rings is 1. The van der Waals surface area contributed by atoms with Crippen molar-refractivity contribution in [3.8, 4) is 5.88 Å². The standard InChI is InChI=1S/C11H10ClNO4/c1-6(11(14)15-2)16-10-8-4-3-7(12)5-9(8)17-13-10/h3-6H,1-2H3. The third-order valence-electron chi connectivity index (χ3n) is 2.22. The van der Waals surface area contributed by atoms with Crippen LogP contribution in [0.4, 0.5) is 0 Å². The summed E-state index contributed by atoms with van der Waals surface area (Å²) in [6, 6.07) is 5.03.